The molecule has 0 aliphatic rings. The maximum absolute atomic E-state index is 11.9. The van der Waals surface area contributed by atoms with Gasteiger partial charge in [-0.3, -0.25) is 0 Å². The minimum Gasteiger partial charge on any atom is -0.495 e. The van der Waals surface area contributed by atoms with Gasteiger partial charge >= 0.3 is 6.36 Å². The molecule has 0 saturated heterocycles. The Morgan fingerprint density at radius 2 is 2.12 bits per heavy atom. The number of alkyl halides is 3. The van der Waals surface area contributed by atoms with Crippen LogP contribution in [0.4, 0.5) is 13.2 Å². The third-order valence-electron chi connectivity index (χ3n) is 1.56. The van der Waals surface area contributed by atoms with Gasteiger partial charge in [-0.15, -0.1) is 13.2 Å². The summed E-state index contributed by atoms with van der Waals surface area (Å²) < 4.78 is 44.8. The van der Waals surface area contributed by atoms with Crippen molar-refractivity contribution in [1.82, 2.24) is 4.98 Å². The van der Waals surface area contributed by atoms with Crippen LogP contribution in [-0.4, -0.2) is 23.6 Å². The van der Waals surface area contributed by atoms with Crippen LogP contribution in [0.3, 0.4) is 0 Å². The van der Waals surface area contributed by atoms with Crippen LogP contribution in [-0.2, 0) is 6.61 Å². The average Bonchev–Trinajstić information content (AvgIpc) is 2.18. The third kappa shape index (κ3) is 3.37. The number of hydrogen-bond acceptors (Lipinski definition) is 4. The fourth-order valence-electron chi connectivity index (χ4n) is 0.956. The monoisotopic (exact) mass is 349 g/mol. The zero-order chi connectivity index (χ0) is 12.3. The Morgan fingerprint density at radius 1 is 1.50 bits per heavy atom. The van der Waals surface area contributed by atoms with Crippen molar-refractivity contribution >= 4 is 22.6 Å². The third-order valence-corrected chi connectivity index (χ3v) is 2.71. The molecule has 1 N–H and O–H groups in total. The SMILES string of the molecule is COc1cc(OC(F)(F)F)nc(CO)c1I. The molecule has 0 radical (unpaired) electrons. The first-order valence-corrected chi connectivity index (χ1v) is 5.05. The Morgan fingerprint density at radius 3 is 2.56 bits per heavy atom. The summed E-state index contributed by atoms with van der Waals surface area (Å²) in [5.74, 6) is -0.493. The number of rotatable bonds is 3. The van der Waals surface area contributed by atoms with Crippen molar-refractivity contribution in [3.63, 3.8) is 0 Å². The van der Waals surface area contributed by atoms with Crippen LogP contribution in [0.1, 0.15) is 5.69 Å². The van der Waals surface area contributed by atoms with E-state index < -0.39 is 18.8 Å². The van der Waals surface area contributed by atoms with Crippen molar-refractivity contribution in [3.8, 4) is 11.6 Å². The lowest BCUT2D eigenvalue weighted by molar-refractivity contribution is -0.276. The van der Waals surface area contributed by atoms with E-state index in [1.807, 2.05) is 22.6 Å². The Balaban J connectivity index is 3.12. The molecule has 0 spiro atoms. The van der Waals surface area contributed by atoms with Gasteiger partial charge in [-0.25, -0.2) is 4.98 Å². The summed E-state index contributed by atoms with van der Waals surface area (Å²) in [5, 5.41) is 8.90. The molecule has 4 nitrogen and oxygen atoms in total. The van der Waals surface area contributed by atoms with Gasteiger partial charge in [0, 0.05) is 6.07 Å². The van der Waals surface area contributed by atoms with E-state index in [-0.39, 0.29) is 11.4 Å². The number of methoxy groups -OCH3 is 1. The summed E-state index contributed by atoms with van der Waals surface area (Å²) in [6, 6.07) is 1.01. The number of aliphatic hydroxyl groups is 1. The number of ether oxygens (including phenoxy) is 2. The van der Waals surface area contributed by atoms with Gasteiger partial charge in [0.15, 0.2) is 0 Å². The lowest BCUT2D eigenvalue weighted by Crippen LogP contribution is -2.18. The molecule has 0 unspecified atom stereocenters. The molecular formula is C8H7F3INO3. The van der Waals surface area contributed by atoms with Gasteiger partial charge < -0.3 is 14.6 Å². The Labute approximate surface area is 103 Å². The van der Waals surface area contributed by atoms with E-state index in [0.717, 1.165) is 6.07 Å². The molecule has 0 aliphatic heterocycles. The topological polar surface area (TPSA) is 51.6 Å². The summed E-state index contributed by atoms with van der Waals surface area (Å²) in [5.41, 5.74) is 0.0687. The first-order chi connectivity index (χ1) is 7.37. The van der Waals surface area contributed by atoms with Crippen LogP contribution in [0.25, 0.3) is 0 Å². The van der Waals surface area contributed by atoms with Crippen LogP contribution >= 0.6 is 22.6 Å². The van der Waals surface area contributed by atoms with Crippen LogP contribution in [0, 0.1) is 3.57 Å². The molecule has 90 valence electrons. The van der Waals surface area contributed by atoms with Gasteiger partial charge in [0.25, 0.3) is 0 Å². The summed E-state index contributed by atoms with van der Waals surface area (Å²) in [4.78, 5) is 3.51. The maximum Gasteiger partial charge on any atom is 0.574 e. The molecule has 0 fully saturated rings. The van der Waals surface area contributed by atoms with Crippen molar-refractivity contribution < 1.29 is 27.8 Å². The number of pyridine rings is 1. The average molecular weight is 349 g/mol. The summed E-state index contributed by atoms with van der Waals surface area (Å²) >= 11 is 1.81. The van der Waals surface area contributed by atoms with E-state index in [4.69, 9.17) is 9.84 Å². The molecule has 0 amide bonds. The second-order valence-corrected chi connectivity index (χ2v) is 3.71. The number of aromatic nitrogens is 1. The second kappa shape index (κ2) is 5.04. The molecule has 16 heavy (non-hydrogen) atoms. The largest absolute Gasteiger partial charge is 0.574 e. The van der Waals surface area contributed by atoms with Crippen molar-refractivity contribution in [3.05, 3.63) is 15.3 Å². The summed E-state index contributed by atoms with van der Waals surface area (Å²) in [6.07, 6.45) is -4.82. The molecule has 0 aliphatic carbocycles. The van der Waals surface area contributed by atoms with Gasteiger partial charge in [0.05, 0.1) is 23.0 Å². The lowest BCUT2D eigenvalue weighted by Gasteiger charge is -2.12. The second-order valence-electron chi connectivity index (χ2n) is 2.63. The fourth-order valence-corrected chi connectivity index (χ4v) is 1.62. The van der Waals surface area contributed by atoms with Gasteiger partial charge in [-0.05, 0) is 22.6 Å². The summed E-state index contributed by atoms with van der Waals surface area (Å²) in [6.45, 7) is -0.496. The zero-order valence-corrected chi connectivity index (χ0v) is 10.2. The van der Waals surface area contributed by atoms with Crippen molar-refractivity contribution in [2.24, 2.45) is 0 Å². The molecule has 0 aromatic carbocycles. The van der Waals surface area contributed by atoms with Crippen LogP contribution in [0.2, 0.25) is 0 Å². The highest BCUT2D eigenvalue weighted by molar-refractivity contribution is 14.1. The van der Waals surface area contributed by atoms with Crippen molar-refractivity contribution in [1.29, 1.82) is 0 Å². The fraction of sp³-hybridized carbons (Fsp3) is 0.375. The van der Waals surface area contributed by atoms with Crippen LogP contribution in [0.15, 0.2) is 6.07 Å². The normalized spacial score (nSPS) is 11.4. The van der Waals surface area contributed by atoms with Gasteiger partial charge in [-0.2, -0.15) is 0 Å². The molecule has 1 aromatic heterocycles. The van der Waals surface area contributed by atoms with E-state index in [2.05, 4.69) is 9.72 Å². The molecule has 8 heteroatoms. The zero-order valence-electron chi connectivity index (χ0n) is 8.01. The Hall–Kier alpha value is -0.770. The highest BCUT2D eigenvalue weighted by Crippen LogP contribution is 2.30. The van der Waals surface area contributed by atoms with E-state index >= 15 is 0 Å². The predicted molar refractivity (Wildman–Crippen MR) is 56.1 cm³/mol. The lowest BCUT2D eigenvalue weighted by atomic mass is 10.3. The number of halogens is 4. The summed E-state index contributed by atoms with van der Waals surface area (Å²) in [7, 11) is 1.30. The first kappa shape index (κ1) is 13.3. The number of nitrogens with zero attached hydrogens (tertiary/aromatic N) is 1. The molecule has 0 bridgehead atoms. The molecule has 1 heterocycles. The van der Waals surface area contributed by atoms with E-state index in [1.165, 1.54) is 7.11 Å². The maximum atomic E-state index is 11.9. The van der Waals surface area contributed by atoms with Crippen molar-refractivity contribution in [2.75, 3.05) is 7.11 Å². The van der Waals surface area contributed by atoms with Crippen LogP contribution in [0.5, 0.6) is 11.6 Å². The number of hydrogen-bond donors (Lipinski definition) is 1. The molecule has 1 aromatic rings. The molecular weight excluding hydrogens is 342 g/mol. The molecule has 0 saturated carbocycles. The van der Waals surface area contributed by atoms with E-state index in [9.17, 15) is 13.2 Å². The van der Waals surface area contributed by atoms with E-state index in [1.54, 1.807) is 0 Å². The number of aliphatic hydroxyl groups excluding tert-OH is 1. The smallest absolute Gasteiger partial charge is 0.495 e. The highest BCUT2D eigenvalue weighted by atomic mass is 127. The Kier molecular flexibility index (Phi) is 4.19. The predicted octanol–water partition coefficient (Wildman–Crippen LogP) is 2.09. The minimum atomic E-state index is -4.82. The first-order valence-electron chi connectivity index (χ1n) is 3.97. The molecule has 1 rings (SSSR count). The van der Waals surface area contributed by atoms with Crippen LogP contribution < -0.4 is 9.47 Å². The van der Waals surface area contributed by atoms with Crippen molar-refractivity contribution in [2.45, 2.75) is 13.0 Å². The van der Waals surface area contributed by atoms with Gasteiger partial charge in [0.2, 0.25) is 5.88 Å². The highest BCUT2D eigenvalue weighted by Gasteiger charge is 2.32. The quantitative estimate of drug-likeness (QED) is 0.850. The van der Waals surface area contributed by atoms with Gasteiger partial charge in [0.1, 0.15) is 5.75 Å². The molecule has 0 atom stereocenters. The Bertz CT molecular complexity index is 358. The van der Waals surface area contributed by atoms with E-state index in [0.29, 0.717) is 3.57 Å². The minimum absolute atomic E-state index is 0.0687. The standard InChI is InChI=1S/C8H7F3INO3/c1-15-5-2-6(16-8(9,10)11)13-4(3-14)7(5)12/h2,14H,3H2,1H3. The van der Waals surface area contributed by atoms with Gasteiger partial charge in [-0.1, -0.05) is 0 Å².